The predicted octanol–water partition coefficient (Wildman–Crippen LogP) is 6.60. The van der Waals surface area contributed by atoms with Crippen molar-refractivity contribution in [1.82, 2.24) is 9.62 Å². The standard InChI is InChI=1S/C28H33FN2O2S/c1-19-23-7-3-4-8-24(23)28(32)31(19)15-5-2-6-16-34-30-27(21-11-12-21)22-13-14-25(29)26(17-22)33-18-20-9-10-20/h3-4,7-8,13-14,17,20-21,27,30H,1-2,5-6,9-12,15-16,18H2. The van der Waals surface area contributed by atoms with Crippen molar-refractivity contribution >= 4 is 23.6 Å². The number of fused-ring (bicyclic) bond motifs is 1. The van der Waals surface area contributed by atoms with E-state index in [1.54, 1.807) is 18.0 Å². The molecule has 1 atom stereocenters. The average molecular weight is 481 g/mol. The van der Waals surface area contributed by atoms with E-state index in [9.17, 15) is 9.18 Å². The van der Waals surface area contributed by atoms with Crippen molar-refractivity contribution < 1.29 is 13.9 Å². The number of hydrogen-bond donors (Lipinski definition) is 1. The van der Waals surface area contributed by atoms with Crippen LogP contribution in [0.3, 0.4) is 0 Å². The number of ether oxygens (including phenoxy) is 1. The molecule has 1 aliphatic heterocycles. The SMILES string of the molecule is C=C1c2ccccc2C(=O)N1CCCCCSNC(c1ccc(F)c(OCC2CC2)c1)C1CC1. The van der Waals surface area contributed by atoms with Crippen molar-refractivity contribution in [3.63, 3.8) is 0 Å². The molecule has 2 aromatic rings. The number of rotatable bonds is 13. The predicted molar refractivity (Wildman–Crippen MR) is 136 cm³/mol. The lowest BCUT2D eigenvalue weighted by molar-refractivity contribution is 0.0849. The van der Waals surface area contributed by atoms with Crippen LogP contribution in [0.25, 0.3) is 5.70 Å². The Morgan fingerprint density at radius 1 is 1.09 bits per heavy atom. The third-order valence-corrected chi connectivity index (χ3v) is 7.87. The Morgan fingerprint density at radius 2 is 1.88 bits per heavy atom. The lowest BCUT2D eigenvalue weighted by atomic mass is 10.0. The molecule has 2 aliphatic carbocycles. The second-order valence-corrected chi connectivity index (χ2v) is 10.7. The quantitative estimate of drug-likeness (QED) is 0.259. The molecule has 0 radical (unpaired) electrons. The molecule has 6 heteroatoms. The van der Waals surface area contributed by atoms with E-state index < -0.39 is 0 Å². The van der Waals surface area contributed by atoms with Crippen LogP contribution in [0.4, 0.5) is 4.39 Å². The highest BCUT2D eigenvalue weighted by atomic mass is 32.2. The van der Waals surface area contributed by atoms with Gasteiger partial charge in [0.25, 0.3) is 5.91 Å². The molecule has 0 saturated heterocycles. The van der Waals surface area contributed by atoms with E-state index >= 15 is 0 Å². The molecular weight excluding hydrogens is 447 g/mol. The summed E-state index contributed by atoms with van der Waals surface area (Å²) in [5, 5.41) is 0. The molecular formula is C28H33FN2O2S. The fourth-order valence-electron chi connectivity index (χ4n) is 4.52. The molecule has 0 spiro atoms. The highest BCUT2D eigenvalue weighted by Gasteiger charge is 2.33. The monoisotopic (exact) mass is 480 g/mol. The minimum atomic E-state index is -0.270. The van der Waals surface area contributed by atoms with Gasteiger partial charge in [0.2, 0.25) is 0 Å². The second-order valence-electron chi connectivity index (χ2n) is 9.74. The summed E-state index contributed by atoms with van der Waals surface area (Å²) in [7, 11) is 0. The van der Waals surface area contributed by atoms with Gasteiger partial charge in [0.05, 0.1) is 6.61 Å². The van der Waals surface area contributed by atoms with Crippen molar-refractivity contribution in [3.8, 4) is 5.75 Å². The molecule has 1 amide bonds. The van der Waals surface area contributed by atoms with Crippen molar-refractivity contribution in [1.29, 1.82) is 0 Å². The van der Waals surface area contributed by atoms with E-state index in [-0.39, 0.29) is 17.8 Å². The minimum absolute atomic E-state index is 0.0729. The lowest BCUT2D eigenvalue weighted by Crippen LogP contribution is -2.24. The molecule has 4 nitrogen and oxygen atoms in total. The number of halogens is 1. The summed E-state index contributed by atoms with van der Waals surface area (Å²) < 4.78 is 23.6. The number of amides is 1. The maximum Gasteiger partial charge on any atom is 0.258 e. The third-order valence-electron chi connectivity index (χ3n) is 6.96. The molecule has 0 bridgehead atoms. The van der Waals surface area contributed by atoms with Gasteiger partial charge in [-0.25, -0.2) is 4.39 Å². The normalized spacial score (nSPS) is 18.3. The topological polar surface area (TPSA) is 41.6 Å². The van der Waals surface area contributed by atoms with Crippen LogP contribution in [-0.4, -0.2) is 29.7 Å². The number of nitrogens with zero attached hydrogens (tertiary/aromatic N) is 1. The Kier molecular flexibility index (Phi) is 7.26. The van der Waals surface area contributed by atoms with Gasteiger partial charge < -0.3 is 9.64 Å². The Balaban J connectivity index is 1.04. The van der Waals surface area contributed by atoms with Crippen LogP contribution in [0.1, 0.15) is 72.5 Å². The molecule has 2 saturated carbocycles. The van der Waals surface area contributed by atoms with Gasteiger partial charge >= 0.3 is 0 Å². The maximum atomic E-state index is 14.2. The molecule has 1 N–H and O–H groups in total. The van der Waals surface area contributed by atoms with Gasteiger partial charge in [-0.05, 0) is 74.1 Å². The number of unbranched alkanes of at least 4 members (excludes halogenated alkanes) is 2. The molecule has 2 fully saturated rings. The first-order chi connectivity index (χ1) is 16.6. The second kappa shape index (κ2) is 10.5. The van der Waals surface area contributed by atoms with Gasteiger partial charge in [-0.15, -0.1) is 0 Å². The van der Waals surface area contributed by atoms with E-state index in [0.29, 0.717) is 30.7 Å². The van der Waals surface area contributed by atoms with Crippen LogP contribution < -0.4 is 9.46 Å². The van der Waals surface area contributed by atoms with Crippen molar-refractivity contribution in [2.24, 2.45) is 11.8 Å². The van der Waals surface area contributed by atoms with E-state index in [0.717, 1.165) is 47.4 Å². The van der Waals surface area contributed by atoms with Crippen LogP contribution in [0, 0.1) is 17.7 Å². The molecule has 1 unspecified atom stereocenters. The van der Waals surface area contributed by atoms with Crippen molar-refractivity contribution in [2.75, 3.05) is 18.9 Å². The number of hydrogen-bond acceptors (Lipinski definition) is 4. The Morgan fingerprint density at radius 3 is 2.62 bits per heavy atom. The highest BCUT2D eigenvalue weighted by molar-refractivity contribution is 7.97. The highest BCUT2D eigenvalue weighted by Crippen LogP contribution is 2.43. The maximum absolute atomic E-state index is 14.2. The molecule has 3 aliphatic rings. The van der Waals surface area contributed by atoms with Gasteiger partial charge in [-0.2, -0.15) is 0 Å². The van der Waals surface area contributed by atoms with E-state index in [4.69, 9.17) is 4.74 Å². The molecule has 5 rings (SSSR count). The van der Waals surface area contributed by atoms with Crippen molar-refractivity contribution in [2.45, 2.75) is 51.0 Å². The van der Waals surface area contributed by atoms with Crippen LogP contribution in [0.15, 0.2) is 49.0 Å². The third kappa shape index (κ3) is 5.49. The first-order valence-corrected chi connectivity index (χ1v) is 13.5. The van der Waals surface area contributed by atoms with E-state index in [1.807, 2.05) is 41.3 Å². The van der Waals surface area contributed by atoms with Gasteiger partial charge in [0.1, 0.15) is 0 Å². The Bertz CT molecular complexity index is 1020. The summed E-state index contributed by atoms with van der Waals surface area (Å²) in [6, 6.07) is 13.3. The number of carbonyl (C=O) groups is 1. The van der Waals surface area contributed by atoms with E-state index in [2.05, 4.69) is 11.3 Å². The fraction of sp³-hybridized carbons (Fsp3) is 0.464. The van der Waals surface area contributed by atoms with Gasteiger partial charge in [-0.3, -0.25) is 9.52 Å². The largest absolute Gasteiger partial charge is 0.490 e. The minimum Gasteiger partial charge on any atom is -0.490 e. The van der Waals surface area contributed by atoms with Crippen LogP contribution in [-0.2, 0) is 0 Å². The molecule has 1 heterocycles. The lowest BCUT2D eigenvalue weighted by Gasteiger charge is -2.20. The Hall–Kier alpha value is -2.31. The van der Waals surface area contributed by atoms with Crippen LogP contribution in [0.5, 0.6) is 5.75 Å². The smallest absolute Gasteiger partial charge is 0.258 e. The first-order valence-electron chi connectivity index (χ1n) is 12.5. The van der Waals surface area contributed by atoms with Gasteiger partial charge in [-0.1, -0.05) is 49.2 Å². The average Bonchev–Trinajstić information content (AvgIpc) is 3.77. The summed E-state index contributed by atoms with van der Waals surface area (Å²) in [5.41, 5.74) is 3.66. The van der Waals surface area contributed by atoms with Crippen LogP contribution in [0.2, 0.25) is 0 Å². The Labute approximate surface area is 206 Å². The molecule has 2 aromatic carbocycles. The molecule has 180 valence electrons. The zero-order valence-electron chi connectivity index (χ0n) is 19.6. The summed E-state index contributed by atoms with van der Waals surface area (Å²) in [4.78, 5) is 14.4. The van der Waals surface area contributed by atoms with E-state index in [1.165, 1.54) is 25.7 Å². The summed E-state index contributed by atoms with van der Waals surface area (Å²) in [5.74, 6) is 2.42. The fourth-order valence-corrected chi connectivity index (χ4v) is 5.50. The molecule has 34 heavy (non-hydrogen) atoms. The van der Waals surface area contributed by atoms with Crippen LogP contribution >= 0.6 is 11.9 Å². The van der Waals surface area contributed by atoms with Gasteiger partial charge in [0, 0.05) is 35.2 Å². The van der Waals surface area contributed by atoms with Gasteiger partial charge in [0.15, 0.2) is 11.6 Å². The number of nitrogens with one attached hydrogen (secondary N) is 1. The number of benzene rings is 2. The summed E-state index contributed by atoms with van der Waals surface area (Å²) in [6.45, 7) is 5.46. The van der Waals surface area contributed by atoms with Crippen molar-refractivity contribution in [3.05, 3.63) is 71.6 Å². The zero-order chi connectivity index (χ0) is 23.5. The first kappa shape index (κ1) is 23.4. The summed E-state index contributed by atoms with van der Waals surface area (Å²) >= 11 is 1.75. The zero-order valence-corrected chi connectivity index (χ0v) is 20.4. The number of carbonyl (C=O) groups excluding carboxylic acids is 1. The summed E-state index contributed by atoms with van der Waals surface area (Å²) in [6.07, 6.45) is 7.92. The molecule has 0 aromatic heterocycles.